The monoisotopic (exact) mass is 378 g/mol. The molecule has 4 rings (SSSR count). The average Bonchev–Trinajstić information content (AvgIpc) is 2.98. The van der Waals surface area contributed by atoms with Crippen LogP contribution in [0.15, 0.2) is 5.10 Å². The Hall–Kier alpha value is -1.17. The van der Waals surface area contributed by atoms with Crippen LogP contribution in [0.3, 0.4) is 0 Å². The van der Waals surface area contributed by atoms with Gasteiger partial charge in [0, 0.05) is 5.92 Å². The lowest BCUT2D eigenvalue weighted by Gasteiger charge is -2.55. The van der Waals surface area contributed by atoms with Gasteiger partial charge in [-0.1, -0.05) is 6.92 Å². The summed E-state index contributed by atoms with van der Waals surface area (Å²) in [5.74, 6) is 9.52. The number of rotatable bonds is 4. The molecule has 0 heterocycles. The molecule has 0 aromatic heterocycles. The second kappa shape index (κ2) is 7.34. The molecular formula is C21H35FN4O. The van der Waals surface area contributed by atoms with Gasteiger partial charge in [-0.2, -0.15) is 5.10 Å². The molecular weight excluding hydrogens is 343 g/mol. The standard InChI is InChI=1S/C21H35FN4O/c1-21-9-8-16-15-5-3-14(22)10-13(15)2-4-17(16)18(21)6-7-19(21)20(27)11-26(24)25-12-23/h12-19H,2-11,24H2,1H3,(H2,23,25)/t13?,14-,15?,16?,17?,18?,19?,21?/m0/s1. The molecule has 152 valence electrons. The maximum Gasteiger partial charge on any atom is 0.159 e. The first kappa shape index (κ1) is 19.2. The molecule has 27 heavy (non-hydrogen) atoms. The van der Waals surface area contributed by atoms with Gasteiger partial charge >= 0.3 is 0 Å². The number of halogens is 1. The van der Waals surface area contributed by atoms with Gasteiger partial charge in [0.15, 0.2) is 5.78 Å². The zero-order valence-corrected chi connectivity index (χ0v) is 16.5. The second-order valence-electron chi connectivity index (χ2n) is 9.85. The molecule has 0 amide bonds. The maximum absolute atomic E-state index is 13.9. The fourth-order valence-corrected chi connectivity index (χ4v) is 7.72. The molecule has 0 aliphatic heterocycles. The molecule has 7 unspecified atom stereocenters. The third kappa shape index (κ3) is 3.28. The van der Waals surface area contributed by atoms with Crippen LogP contribution in [-0.2, 0) is 4.79 Å². The third-order valence-electron chi connectivity index (χ3n) is 8.81. The number of carbonyl (C=O) groups is 1. The zero-order chi connectivity index (χ0) is 19.2. The van der Waals surface area contributed by atoms with E-state index < -0.39 is 6.17 Å². The summed E-state index contributed by atoms with van der Waals surface area (Å²) in [5, 5.41) is 4.95. The van der Waals surface area contributed by atoms with Crippen molar-refractivity contribution >= 4 is 12.1 Å². The SMILES string of the molecule is CC12CCC3C4CC[C@H](F)CC4CCC3C1CCC2C(=O)CN(N)/N=C\N. The summed E-state index contributed by atoms with van der Waals surface area (Å²) in [6, 6.07) is 0. The van der Waals surface area contributed by atoms with Crippen molar-refractivity contribution in [3.63, 3.8) is 0 Å². The molecule has 0 spiro atoms. The van der Waals surface area contributed by atoms with Crippen molar-refractivity contribution < 1.29 is 9.18 Å². The number of nitrogens with two attached hydrogens (primary N) is 2. The number of hydrazone groups is 1. The van der Waals surface area contributed by atoms with E-state index in [-0.39, 0.29) is 23.7 Å². The number of alkyl halides is 1. The van der Waals surface area contributed by atoms with E-state index in [0.717, 1.165) is 67.7 Å². The molecule has 4 fully saturated rings. The summed E-state index contributed by atoms with van der Waals surface area (Å²) >= 11 is 0. The maximum atomic E-state index is 13.9. The highest BCUT2D eigenvalue weighted by molar-refractivity contribution is 5.84. The first-order valence-corrected chi connectivity index (χ1v) is 10.9. The molecule has 6 heteroatoms. The summed E-state index contributed by atoms with van der Waals surface area (Å²) in [6.45, 7) is 2.48. The van der Waals surface area contributed by atoms with Gasteiger partial charge in [-0.3, -0.25) is 4.79 Å². The summed E-state index contributed by atoms with van der Waals surface area (Å²) in [4.78, 5) is 12.9. The smallest absolute Gasteiger partial charge is 0.159 e. The normalized spacial score (nSPS) is 46.6. The van der Waals surface area contributed by atoms with Crippen LogP contribution in [0.25, 0.3) is 0 Å². The molecule has 4 N–H and O–H groups in total. The summed E-state index contributed by atoms with van der Waals surface area (Å²) in [5.41, 5.74) is 5.37. The Kier molecular flexibility index (Phi) is 5.21. The van der Waals surface area contributed by atoms with E-state index in [0.29, 0.717) is 11.8 Å². The van der Waals surface area contributed by atoms with Crippen molar-refractivity contribution in [1.29, 1.82) is 0 Å². The number of ketones is 1. The number of nitrogens with zero attached hydrogens (tertiary/aromatic N) is 2. The lowest BCUT2D eigenvalue weighted by atomic mass is 9.49. The molecule has 0 bridgehead atoms. The van der Waals surface area contributed by atoms with Gasteiger partial charge in [0.2, 0.25) is 0 Å². The molecule has 4 saturated carbocycles. The molecule has 0 aromatic carbocycles. The first-order chi connectivity index (χ1) is 12.9. The van der Waals surface area contributed by atoms with Crippen molar-refractivity contribution in [2.45, 2.75) is 70.9 Å². The predicted molar refractivity (Wildman–Crippen MR) is 104 cm³/mol. The van der Waals surface area contributed by atoms with Gasteiger partial charge in [-0.15, -0.1) is 0 Å². The zero-order valence-electron chi connectivity index (χ0n) is 16.5. The lowest BCUT2D eigenvalue weighted by Crippen LogP contribution is -2.50. The molecule has 4 aliphatic carbocycles. The van der Waals surface area contributed by atoms with Crippen LogP contribution < -0.4 is 11.6 Å². The topological polar surface area (TPSA) is 84.7 Å². The van der Waals surface area contributed by atoms with Crippen LogP contribution in [0.4, 0.5) is 4.39 Å². The minimum Gasteiger partial charge on any atom is -0.388 e. The second-order valence-corrected chi connectivity index (χ2v) is 9.85. The van der Waals surface area contributed by atoms with Crippen LogP contribution in [0.5, 0.6) is 0 Å². The third-order valence-corrected chi connectivity index (χ3v) is 8.81. The van der Waals surface area contributed by atoms with E-state index in [2.05, 4.69) is 12.0 Å². The predicted octanol–water partition coefficient (Wildman–Crippen LogP) is 3.24. The Morgan fingerprint density at radius 1 is 1.15 bits per heavy atom. The van der Waals surface area contributed by atoms with Crippen molar-refractivity contribution in [3.8, 4) is 0 Å². The van der Waals surface area contributed by atoms with Crippen LogP contribution in [0, 0.1) is 40.9 Å². The number of fused-ring (bicyclic) bond motifs is 5. The first-order valence-electron chi connectivity index (χ1n) is 10.9. The van der Waals surface area contributed by atoms with Crippen LogP contribution in [0.2, 0.25) is 0 Å². The Bertz CT molecular complexity index is 599. The van der Waals surface area contributed by atoms with Crippen molar-refractivity contribution in [3.05, 3.63) is 0 Å². The minimum absolute atomic E-state index is 0.0850. The van der Waals surface area contributed by atoms with Gasteiger partial charge in [-0.25, -0.2) is 15.4 Å². The Balaban J connectivity index is 1.47. The Morgan fingerprint density at radius 2 is 1.93 bits per heavy atom. The number of hydrazine groups is 1. The van der Waals surface area contributed by atoms with Crippen molar-refractivity contribution in [2.75, 3.05) is 6.54 Å². The Morgan fingerprint density at radius 3 is 2.70 bits per heavy atom. The van der Waals surface area contributed by atoms with Crippen LogP contribution in [-0.4, -0.2) is 30.0 Å². The molecule has 8 atom stereocenters. The largest absolute Gasteiger partial charge is 0.388 e. The van der Waals surface area contributed by atoms with E-state index >= 15 is 0 Å². The molecule has 4 aliphatic rings. The quantitative estimate of drug-likeness (QED) is 0.340. The number of hydrogen-bond donors (Lipinski definition) is 2. The fraction of sp³-hybridized carbons (Fsp3) is 0.905. The summed E-state index contributed by atoms with van der Waals surface area (Å²) < 4.78 is 13.9. The summed E-state index contributed by atoms with van der Waals surface area (Å²) in [7, 11) is 0. The van der Waals surface area contributed by atoms with Crippen molar-refractivity contribution in [1.82, 2.24) is 5.12 Å². The minimum atomic E-state index is -0.569. The lowest BCUT2D eigenvalue weighted by molar-refractivity contribution is -0.131. The number of Topliss-reactive ketones (excluding diaryl/α,β-unsaturated/α-hetero) is 1. The van der Waals surface area contributed by atoms with Gasteiger partial charge < -0.3 is 5.73 Å². The molecule has 0 radical (unpaired) electrons. The van der Waals surface area contributed by atoms with Crippen LogP contribution >= 0.6 is 0 Å². The van der Waals surface area contributed by atoms with E-state index in [1.165, 1.54) is 19.3 Å². The average molecular weight is 379 g/mol. The van der Waals surface area contributed by atoms with Gasteiger partial charge in [0.1, 0.15) is 19.1 Å². The van der Waals surface area contributed by atoms with Gasteiger partial charge in [0.05, 0.1) is 0 Å². The van der Waals surface area contributed by atoms with E-state index in [9.17, 15) is 9.18 Å². The molecule has 0 aromatic rings. The fourth-order valence-electron chi connectivity index (χ4n) is 7.72. The van der Waals surface area contributed by atoms with E-state index in [1.54, 1.807) is 0 Å². The molecule has 5 nitrogen and oxygen atoms in total. The summed E-state index contributed by atoms with van der Waals surface area (Å²) in [6.07, 6.45) is 10.1. The van der Waals surface area contributed by atoms with Crippen LogP contribution in [0.1, 0.15) is 64.7 Å². The Labute approximate surface area is 162 Å². The highest BCUT2D eigenvalue weighted by Gasteiger charge is 2.58. The highest BCUT2D eigenvalue weighted by Crippen LogP contribution is 2.64. The van der Waals surface area contributed by atoms with E-state index in [4.69, 9.17) is 11.6 Å². The number of hydrogen-bond acceptors (Lipinski definition) is 4. The number of carbonyl (C=O) groups excluding carboxylic acids is 1. The van der Waals surface area contributed by atoms with Crippen molar-refractivity contribution in [2.24, 2.45) is 57.6 Å². The molecule has 0 saturated heterocycles. The highest BCUT2D eigenvalue weighted by atomic mass is 19.1. The van der Waals surface area contributed by atoms with Gasteiger partial charge in [0.25, 0.3) is 0 Å². The van der Waals surface area contributed by atoms with Gasteiger partial charge in [-0.05, 0) is 92.8 Å². The van der Waals surface area contributed by atoms with E-state index in [1.807, 2.05) is 0 Å².